The summed E-state index contributed by atoms with van der Waals surface area (Å²) < 4.78 is 39.2. The van der Waals surface area contributed by atoms with Gasteiger partial charge in [0.25, 0.3) is 0 Å². The first-order valence-corrected chi connectivity index (χ1v) is 7.32. The Kier molecular flexibility index (Phi) is 4.97. The van der Waals surface area contributed by atoms with Gasteiger partial charge in [0, 0.05) is 11.1 Å². The summed E-state index contributed by atoms with van der Waals surface area (Å²) in [6, 6.07) is 6.70. The minimum absolute atomic E-state index is 0.206. The zero-order valence-electron chi connectivity index (χ0n) is 11.2. The maximum absolute atomic E-state index is 13.1. The predicted molar refractivity (Wildman–Crippen MR) is 74.6 cm³/mol. The molecule has 1 aliphatic rings. The van der Waals surface area contributed by atoms with Gasteiger partial charge in [-0.25, -0.2) is 0 Å². The molecule has 0 saturated heterocycles. The molecule has 0 aromatic heterocycles. The standard InChI is InChI=1S/C15H19ClF3N/c16-11-5-3-4-10(8-11)9-14(20)12-6-1-2-7-13(12)15(17,18)19/h3-5,8,12-14H,1-2,6-7,9,20H2. The molecule has 112 valence electrons. The molecule has 2 rings (SSSR count). The Balaban J connectivity index is 2.08. The maximum Gasteiger partial charge on any atom is 0.392 e. The molecule has 0 aliphatic heterocycles. The second kappa shape index (κ2) is 6.35. The molecule has 0 heterocycles. The molecule has 1 aromatic carbocycles. The number of alkyl halides is 3. The molecule has 3 unspecified atom stereocenters. The minimum Gasteiger partial charge on any atom is -0.327 e. The van der Waals surface area contributed by atoms with Gasteiger partial charge < -0.3 is 5.73 Å². The number of hydrogen-bond donors (Lipinski definition) is 1. The maximum atomic E-state index is 13.1. The molecule has 2 N–H and O–H groups in total. The first-order valence-electron chi connectivity index (χ1n) is 6.94. The highest BCUT2D eigenvalue weighted by molar-refractivity contribution is 6.30. The van der Waals surface area contributed by atoms with Crippen LogP contribution in [-0.2, 0) is 6.42 Å². The number of hydrogen-bond acceptors (Lipinski definition) is 1. The second-order valence-electron chi connectivity index (χ2n) is 5.59. The number of benzene rings is 1. The van der Waals surface area contributed by atoms with E-state index in [4.69, 9.17) is 17.3 Å². The van der Waals surface area contributed by atoms with Crippen LogP contribution in [0.1, 0.15) is 31.2 Å². The van der Waals surface area contributed by atoms with Gasteiger partial charge in [-0.15, -0.1) is 0 Å². The third-order valence-corrected chi connectivity index (χ3v) is 4.39. The normalized spacial score (nSPS) is 25.4. The Morgan fingerprint density at radius 2 is 1.95 bits per heavy atom. The lowest BCUT2D eigenvalue weighted by Crippen LogP contribution is -2.44. The van der Waals surface area contributed by atoms with E-state index < -0.39 is 24.1 Å². The molecule has 20 heavy (non-hydrogen) atoms. The van der Waals surface area contributed by atoms with Crippen molar-refractivity contribution in [1.82, 2.24) is 0 Å². The summed E-state index contributed by atoms with van der Waals surface area (Å²) >= 11 is 5.89. The molecule has 3 atom stereocenters. The van der Waals surface area contributed by atoms with Crippen LogP contribution in [0.4, 0.5) is 13.2 Å². The van der Waals surface area contributed by atoms with Gasteiger partial charge in [0.1, 0.15) is 0 Å². The number of nitrogens with two attached hydrogens (primary N) is 1. The molecular weight excluding hydrogens is 287 g/mol. The quantitative estimate of drug-likeness (QED) is 0.869. The van der Waals surface area contributed by atoms with E-state index >= 15 is 0 Å². The van der Waals surface area contributed by atoms with Gasteiger partial charge in [-0.3, -0.25) is 0 Å². The van der Waals surface area contributed by atoms with E-state index in [0.717, 1.165) is 12.0 Å². The number of rotatable bonds is 3. The van der Waals surface area contributed by atoms with Crippen molar-refractivity contribution in [3.63, 3.8) is 0 Å². The van der Waals surface area contributed by atoms with Gasteiger partial charge in [0.2, 0.25) is 0 Å². The Morgan fingerprint density at radius 3 is 2.60 bits per heavy atom. The topological polar surface area (TPSA) is 26.0 Å². The first-order chi connectivity index (χ1) is 9.38. The fraction of sp³-hybridized carbons (Fsp3) is 0.600. The van der Waals surface area contributed by atoms with Gasteiger partial charge in [0.05, 0.1) is 5.92 Å². The molecule has 1 aromatic rings. The van der Waals surface area contributed by atoms with E-state index in [2.05, 4.69) is 0 Å². The van der Waals surface area contributed by atoms with Gasteiger partial charge in [-0.2, -0.15) is 13.2 Å². The molecule has 1 aliphatic carbocycles. The summed E-state index contributed by atoms with van der Waals surface area (Å²) in [5, 5.41) is 0.589. The van der Waals surface area contributed by atoms with Crippen LogP contribution >= 0.6 is 11.6 Å². The minimum atomic E-state index is -4.14. The summed E-state index contributed by atoms with van der Waals surface area (Å²) in [7, 11) is 0. The molecule has 1 fully saturated rings. The zero-order chi connectivity index (χ0) is 14.8. The van der Waals surface area contributed by atoms with Crippen LogP contribution in [-0.4, -0.2) is 12.2 Å². The van der Waals surface area contributed by atoms with Gasteiger partial charge in [-0.05, 0) is 42.9 Å². The first kappa shape index (κ1) is 15.6. The van der Waals surface area contributed by atoms with Crippen molar-refractivity contribution in [2.45, 2.75) is 44.3 Å². The molecule has 0 radical (unpaired) electrons. The largest absolute Gasteiger partial charge is 0.392 e. The van der Waals surface area contributed by atoms with Crippen LogP contribution in [0.5, 0.6) is 0 Å². The van der Waals surface area contributed by atoms with Crippen LogP contribution in [0.2, 0.25) is 5.02 Å². The molecule has 0 amide bonds. The van der Waals surface area contributed by atoms with Crippen molar-refractivity contribution < 1.29 is 13.2 Å². The molecular formula is C15H19ClF3N. The highest BCUT2D eigenvalue weighted by atomic mass is 35.5. The van der Waals surface area contributed by atoms with Crippen LogP contribution in [0.15, 0.2) is 24.3 Å². The van der Waals surface area contributed by atoms with Crippen molar-refractivity contribution in [2.75, 3.05) is 0 Å². The third-order valence-electron chi connectivity index (χ3n) is 4.15. The lowest BCUT2D eigenvalue weighted by atomic mass is 9.73. The van der Waals surface area contributed by atoms with E-state index in [9.17, 15) is 13.2 Å². The predicted octanol–water partition coefficient (Wildman–Crippen LogP) is 4.58. The van der Waals surface area contributed by atoms with E-state index in [-0.39, 0.29) is 6.42 Å². The fourth-order valence-corrected chi connectivity index (χ4v) is 3.38. The van der Waals surface area contributed by atoms with Crippen molar-refractivity contribution in [1.29, 1.82) is 0 Å². The highest BCUT2D eigenvalue weighted by Gasteiger charge is 2.47. The average Bonchev–Trinajstić information content (AvgIpc) is 2.37. The smallest absolute Gasteiger partial charge is 0.327 e. The van der Waals surface area contributed by atoms with Gasteiger partial charge in [-0.1, -0.05) is 36.6 Å². The Labute approximate surface area is 122 Å². The van der Waals surface area contributed by atoms with Crippen LogP contribution in [0.25, 0.3) is 0 Å². The van der Waals surface area contributed by atoms with Crippen molar-refractivity contribution >= 4 is 11.6 Å². The van der Waals surface area contributed by atoms with Gasteiger partial charge >= 0.3 is 6.18 Å². The highest BCUT2D eigenvalue weighted by Crippen LogP contribution is 2.42. The summed E-state index contributed by atoms with van der Waals surface area (Å²) in [6.07, 6.45) is -1.46. The van der Waals surface area contributed by atoms with Crippen molar-refractivity contribution in [2.24, 2.45) is 17.6 Å². The molecule has 0 bridgehead atoms. The summed E-state index contributed by atoms with van der Waals surface area (Å²) in [5.41, 5.74) is 6.97. The molecule has 5 heteroatoms. The lowest BCUT2D eigenvalue weighted by molar-refractivity contribution is -0.198. The van der Waals surface area contributed by atoms with Crippen molar-refractivity contribution in [3.8, 4) is 0 Å². The van der Waals surface area contributed by atoms with Crippen LogP contribution < -0.4 is 5.73 Å². The van der Waals surface area contributed by atoms with E-state index in [1.165, 1.54) is 0 Å². The van der Waals surface area contributed by atoms with Crippen molar-refractivity contribution in [3.05, 3.63) is 34.9 Å². The van der Waals surface area contributed by atoms with E-state index in [1.54, 1.807) is 18.2 Å². The van der Waals surface area contributed by atoms with Crippen LogP contribution in [0, 0.1) is 11.8 Å². The zero-order valence-corrected chi connectivity index (χ0v) is 11.9. The summed E-state index contributed by atoms with van der Waals surface area (Å²) in [6.45, 7) is 0. The average molecular weight is 306 g/mol. The van der Waals surface area contributed by atoms with Crippen LogP contribution in [0.3, 0.4) is 0 Å². The molecule has 0 spiro atoms. The summed E-state index contributed by atoms with van der Waals surface area (Å²) in [5.74, 6) is -1.74. The van der Waals surface area contributed by atoms with E-state index in [1.807, 2.05) is 6.07 Å². The second-order valence-corrected chi connectivity index (χ2v) is 6.03. The number of halogens is 4. The Bertz CT molecular complexity index is 447. The lowest BCUT2D eigenvalue weighted by Gasteiger charge is -2.36. The molecule has 1 saturated carbocycles. The molecule has 1 nitrogen and oxygen atoms in total. The Hall–Kier alpha value is -0.740. The fourth-order valence-electron chi connectivity index (χ4n) is 3.17. The third kappa shape index (κ3) is 3.89. The SMILES string of the molecule is NC(Cc1cccc(Cl)c1)C1CCCCC1C(F)(F)F. The van der Waals surface area contributed by atoms with Gasteiger partial charge in [0.15, 0.2) is 0 Å². The summed E-state index contributed by atoms with van der Waals surface area (Å²) in [4.78, 5) is 0. The Morgan fingerprint density at radius 1 is 1.25 bits per heavy atom. The monoisotopic (exact) mass is 305 g/mol. The van der Waals surface area contributed by atoms with E-state index in [0.29, 0.717) is 24.3 Å².